The van der Waals surface area contributed by atoms with Crippen LogP contribution in [-0.2, 0) is 4.79 Å². The SMILES string of the molecule is COc1ccc(Cl)cc1C(=O)N(C)CC(C)C(=O)O. The van der Waals surface area contributed by atoms with Crippen LogP contribution in [0.2, 0.25) is 5.02 Å². The largest absolute Gasteiger partial charge is 0.496 e. The highest BCUT2D eigenvalue weighted by Gasteiger charge is 2.21. The van der Waals surface area contributed by atoms with Crippen molar-refractivity contribution in [3.63, 3.8) is 0 Å². The molecule has 1 N–H and O–H groups in total. The van der Waals surface area contributed by atoms with Gasteiger partial charge in [0.05, 0.1) is 18.6 Å². The molecule has 0 spiro atoms. The average Bonchev–Trinajstić information content (AvgIpc) is 2.37. The van der Waals surface area contributed by atoms with Crippen molar-refractivity contribution in [2.75, 3.05) is 20.7 Å². The first-order valence-electron chi connectivity index (χ1n) is 5.68. The molecule has 0 aliphatic heterocycles. The van der Waals surface area contributed by atoms with Crippen LogP contribution in [-0.4, -0.2) is 42.6 Å². The topological polar surface area (TPSA) is 66.8 Å². The van der Waals surface area contributed by atoms with Gasteiger partial charge in [-0.1, -0.05) is 18.5 Å². The number of amides is 1. The van der Waals surface area contributed by atoms with E-state index in [-0.39, 0.29) is 12.5 Å². The van der Waals surface area contributed by atoms with Crippen molar-refractivity contribution in [1.29, 1.82) is 0 Å². The molecule has 1 atom stereocenters. The number of halogens is 1. The number of hydrogen-bond donors (Lipinski definition) is 1. The van der Waals surface area contributed by atoms with Crippen molar-refractivity contribution < 1.29 is 19.4 Å². The zero-order valence-electron chi connectivity index (χ0n) is 11.0. The number of carbonyl (C=O) groups is 2. The highest BCUT2D eigenvalue weighted by atomic mass is 35.5. The number of methoxy groups -OCH3 is 1. The Morgan fingerprint density at radius 3 is 2.63 bits per heavy atom. The Labute approximate surface area is 116 Å². The van der Waals surface area contributed by atoms with E-state index >= 15 is 0 Å². The lowest BCUT2D eigenvalue weighted by Gasteiger charge is -2.20. The Kier molecular flexibility index (Phi) is 5.18. The first-order valence-corrected chi connectivity index (χ1v) is 6.06. The van der Waals surface area contributed by atoms with E-state index in [9.17, 15) is 9.59 Å². The molecule has 19 heavy (non-hydrogen) atoms. The van der Waals surface area contributed by atoms with Gasteiger partial charge in [-0.2, -0.15) is 0 Å². The number of rotatable bonds is 5. The lowest BCUT2D eigenvalue weighted by atomic mass is 10.1. The van der Waals surface area contributed by atoms with Crippen molar-refractivity contribution in [3.05, 3.63) is 28.8 Å². The molecule has 0 saturated carbocycles. The summed E-state index contributed by atoms with van der Waals surface area (Å²) in [7, 11) is 3.00. The Bertz CT molecular complexity index is 490. The van der Waals surface area contributed by atoms with E-state index in [2.05, 4.69) is 0 Å². The van der Waals surface area contributed by atoms with Gasteiger partial charge >= 0.3 is 5.97 Å². The second kappa shape index (κ2) is 6.43. The minimum Gasteiger partial charge on any atom is -0.496 e. The van der Waals surface area contributed by atoms with Crippen molar-refractivity contribution >= 4 is 23.5 Å². The van der Waals surface area contributed by atoms with Crippen molar-refractivity contribution in [2.24, 2.45) is 5.92 Å². The summed E-state index contributed by atoms with van der Waals surface area (Å²) in [4.78, 5) is 24.4. The quantitative estimate of drug-likeness (QED) is 0.900. The van der Waals surface area contributed by atoms with Gasteiger partial charge in [-0.15, -0.1) is 0 Å². The number of aliphatic carboxylic acids is 1. The average molecular weight is 286 g/mol. The first-order chi connectivity index (χ1) is 8.86. The molecule has 1 aromatic rings. The van der Waals surface area contributed by atoms with E-state index < -0.39 is 11.9 Å². The molecular weight excluding hydrogens is 270 g/mol. The highest BCUT2D eigenvalue weighted by Crippen LogP contribution is 2.24. The molecule has 1 unspecified atom stereocenters. The van der Waals surface area contributed by atoms with Crippen molar-refractivity contribution in [1.82, 2.24) is 4.90 Å². The molecule has 5 nitrogen and oxygen atoms in total. The molecule has 0 radical (unpaired) electrons. The molecule has 6 heteroatoms. The predicted octanol–water partition coefficient (Wildman–Crippen LogP) is 2.14. The fourth-order valence-corrected chi connectivity index (χ4v) is 1.80. The lowest BCUT2D eigenvalue weighted by Crippen LogP contribution is -2.33. The molecule has 0 fully saturated rings. The summed E-state index contributed by atoms with van der Waals surface area (Å²) in [5.41, 5.74) is 0.315. The highest BCUT2D eigenvalue weighted by molar-refractivity contribution is 6.31. The van der Waals surface area contributed by atoms with Gasteiger partial charge in [0.15, 0.2) is 0 Å². The zero-order chi connectivity index (χ0) is 14.6. The number of ether oxygens (including phenoxy) is 1. The fourth-order valence-electron chi connectivity index (χ4n) is 1.62. The lowest BCUT2D eigenvalue weighted by molar-refractivity contribution is -0.141. The first kappa shape index (κ1) is 15.3. The number of benzene rings is 1. The number of carboxylic acid groups (broad SMARTS) is 1. The molecule has 0 aliphatic rings. The third-order valence-corrected chi connectivity index (χ3v) is 2.94. The Balaban J connectivity index is 2.93. The van der Waals surface area contributed by atoms with Crippen LogP contribution in [0.25, 0.3) is 0 Å². The zero-order valence-corrected chi connectivity index (χ0v) is 11.8. The second-order valence-electron chi connectivity index (χ2n) is 4.27. The minimum absolute atomic E-state index is 0.115. The summed E-state index contributed by atoms with van der Waals surface area (Å²) in [5, 5.41) is 9.26. The monoisotopic (exact) mass is 285 g/mol. The van der Waals surface area contributed by atoms with E-state index in [0.29, 0.717) is 16.3 Å². The van der Waals surface area contributed by atoms with Gasteiger partial charge in [-0.3, -0.25) is 9.59 Å². The van der Waals surface area contributed by atoms with Gasteiger partial charge in [-0.25, -0.2) is 0 Å². The Hall–Kier alpha value is -1.75. The van der Waals surface area contributed by atoms with Crippen LogP contribution >= 0.6 is 11.6 Å². The predicted molar refractivity (Wildman–Crippen MR) is 71.8 cm³/mol. The number of carbonyl (C=O) groups excluding carboxylic acids is 1. The maximum atomic E-state index is 12.2. The molecule has 1 aromatic carbocycles. The maximum Gasteiger partial charge on any atom is 0.308 e. The van der Waals surface area contributed by atoms with Crippen molar-refractivity contribution in [2.45, 2.75) is 6.92 Å². The molecule has 1 rings (SSSR count). The maximum absolute atomic E-state index is 12.2. The molecule has 0 aromatic heterocycles. The van der Waals surface area contributed by atoms with Crippen molar-refractivity contribution in [3.8, 4) is 5.75 Å². The van der Waals surface area contributed by atoms with Crippen LogP contribution in [0.4, 0.5) is 0 Å². The number of nitrogens with zero attached hydrogens (tertiary/aromatic N) is 1. The molecule has 0 heterocycles. The summed E-state index contributed by atoms with van der Waals surface area (Å²) < 4.78 is 5.10. The van der Waals surface area contributed by atoms with Crippen LogP contribution in [0.5, 0.6) is 5.75 Å². The molecule has 0 saturated heterocycles. The minimum atomic E-state index is -0.947. The van der Waals surface area contributed by atoms with E-state index in [1.54, 1.807) is 26.1 Å². The van der Waals surface area contributed by atoms with Gasteiger partial charge in [0.2, 0.25) is 0 Å². The van der Waals surface area contributed by atoms with Crippen LogP contribution in [0, 0.1) is 5.92 Å². The van der Waals surface area contributed by atoms with E-state index in [1.165, 1.54) is 18.1 Å². The van der Waals surface area contributed by atoms with Crippen LogP contribution in [0.15, 0.2) is 18.2 Å². The summed E-state index contributed by atoms with van der Waals surface area (Å²) in [6.45, 7) is 1.66. The number of carboxylic acids is 1. The Morgan fingerprint density at radius 1 is 1.47 bits per heavy atom. The third-order valence-electron chi connectivity index (χ3n) is 2.71. The number of hydrogen-bond acceptors (Lipinski definition) is 3. The van der Waals surface area contributed by atoms with Gasteiger partial charge in [0, 0.05) is 18.6 Å². The summed E-state index contributed by atoms with van der Waals surface area (Å²) in [5.74, 6) is -1.51. The van der Waals surface area contributed by atoms with Gasteiger partial charge in [0.1, 0.15) is 5.75 Å². The van der Waals surface area contributed by atoms with Gasteiger partial charge in [0.25, 0.3) is 5.91 Å². The van der Waals surface area contributed by atoms with E-state index in [0.717, 1.165) is 0 Å². The molecule has 0 bridgehead atoms. The standard InChI is InChI=1S/C13H16ClNO4/c1-8(13(17)18)7-15(2)12(16)10-6-9(14)4-5-11(10)19-3/h4-6,8H,7H2,1-3H3,(H,17,18). The second-order valence-corrected chi connectivity index (χ2v) is 4.71. The molecular formula is C13H16ClNO4. The smallest absolute Gasteiger partial charge is 0.308 e. The van der Waals surface area contributed by atoms with Gasteiger partial charge in [-0.05, 0) is 18.2 Å². The Morgan fingerprint density at radius 2 is 2.11 bits per heavy atom. The molecule has 1 amide bonds. The van der Waals surface area contributed by atoms with E-state index in [1.807, 2.05) is 0 Å². The van der Waals surface area contributed by atoms with Crippen LogP contribution in [0.1, 0.15) is 17.3 Å². The molecule has 0 aliphatic carbocycles. The summed E-state index contributed by atoms with van der Waals surface area (Å²) >= 11 is 5.86. The molecule has 104 valence electrons. The van der Waals surface area contributed by atoms with E-state index in [4.69, 9.17) is 21.4 Å². The third kappa shape index (κ3) is 3.86. The summed E-state index contributed by atoms with van der Waals surface area (Å²) in [6.07, 6.45) is 0. The fraction of sp³-hybridized carbons (Fsp3) is 0.385. The van der Waals surface area contributed by atoms with Crippen LogP contribution in [0.3, 0.4) is 0 Å². The van der Waals surface area contributed by atoms with Gasteiger partial charge < -0.3 is 14.7 Å². The van der Waals surface area contributed by atoms with Crippen LogP contribution < -0.4 is 4.74 Å². The summed E-state index contributed by atoms with van der Waals surface area (Å²) in [6, 6.07) is 4.73. The normalized spacial score (nSPS) is 11.8.